The van der Waals surface area contributed by atoms with E-state index < -0.39 is 5.76 Å². The molecule has 24 heavy (non-hydrogen) atoms. The number of carbonyl (C=O) groups excluding carboxylic acids is 1. The molecule has 0 aliphatic rings. The maximum Gasteiger partial charge on any atom is 0.288 e. The Balaban J connectivity index is 1.95. The first-order chi connectivity index (χ1) is 11.5. The van der Waals surface area contributed by atoms with Crippen LogP contribution in [0.15, 0.2) is 57.9 Å². The molecule has 0 saturated heterocycles. The van der Waals surface area contributed by atoms with Crippen LogP contribution in [-0.4, -0.2) is 30.2 Å². The van der Waals surface area contributed by atoms with E-state index in [4.69, 9.17) is 0 Å². The fourth-order valence-corrected chi connectivity index (χ4v) is 3.18. The third-order valence-corrected chi connectivity index (χ3v) is 4.75. The number of hydrogen-bond donors (Lipinski definition) is 1. The number of rotatable bonds is 7. The number of benzene rings is 2. The van der Waals surface area contributed by atoms with Crippen molar-refractivity contribution < 1.29 is 13.6 Å². The van der Waals surface area contributed by atoms with Crippen LogP contribution in [0.1, 0.15) is 5.56 Å². The molecule has 2 aromatic rings. The standard InChI is InChI=1S/C17H17BrF2N2OS/c1-22(10-12-6-2-3-7-13(12)18)11-16(23)21-14-8-4-5-9-15(14)24-17(19)20/h2-9,17H,10-11H2,1H3,(H,21,23). The SMILES string of the molecule is CN(CC(=O)Nc1ccccc1SC(F)F)Cc1ccccc1Br. The molecule has 0 fully saturated rings. The van der Waals surface area contributed by atoms with Crippen molar-refractivity contribution in [1.29, 1.82) is 0 Å². The molecule has 0 radical (unpaired) electrons. The van der Waals surface area contributed by atoms with Crippen molar-refractivity contribution in [3.63, 3.8) is 0 Å². The van der Waals surface area contributed by atoms with Gasteiger partial charge in [-0.3, -0.25) is 9.69 Å². The third-order valence-electron chi connectivity index (χ3n) is 3.19. The van der Waals surface area contributed by atoms with Crippen molar-refractivity contribution in [1.82, 2.24) is 4.90 Å². The summed E-state index contributed by atoms with van der Waals surface area (Å²) < 4.78 is 26.1. The summed E-state index contributed by atoms with van der Waals surface area (Å²) in [7, 11) is 1.83. The number of hydrogen-bond acceptors (Lipinski definition) is 3. The molecule has 2 aromatic carbocycles. The molecular formula is C17H17BrF2N2OS. The lowest BCUT2D eigenvalue weighted by Gasteiger charge is -2.18. The Bertz CT molecular complexity index is 700. The van der Waals surface area contributed by atoms with Crippen LogP contribution in [0.25, 0.3) is 0 Å². The van der Waals surface area contributed by atoms with E-state index in [2.05, 4.69) is 21.2 Å². The van der Waals surface area contributed by atoms with Gasteiger partial charge in [-0.05, 0) is 30.8 Å². The second kappa shape index (κ2) is 9.15. The number of halogens is 3. The first kappa shape index (κ1) is 18.9. The minimum atomic E-state index is -2.53. The van der Waals surface area contributed by atoms with Gasteiger partial charge in [-0.1, -0.05) is 58.0 Å². The van der Waals surface area contributed by atoms with Gasteiger partial charge >= 0.3 is 0 Å². The van der Waals surface area contributed by atoms with Gasteiger partial charge < -0.3 is 5.32 Å². The van der Waals surface area contributed by atoms with Gasteiger partial charge in [-0.25, -0.2) is 0 Å². The van der Waals surface area contributed by atoms with Gasteiger partial charge in [-0.15, -0.1) is 0 Å². The van der Waals surface area contributed by atoms with Gasteiger partial charge in [0.15, 0.2) is 0 Å². The van der Waals surface area contributed by atoms with Crippen molar-refractivity contribution in [2.75, 3.05) is 18.9 Å². The Morgan fingerprint density at radius 3 is 2.58 bits per heavy atom. The van der Waals surface area contributed by atoms with Crippen molar-refractivity contribution in [3.8, 4) is 0 Å². The Morgan fingerprint density at radius 2 is 1.88 bits per heavy atom. The van der Waals surface area contributed by atoms with Crippen LogP contribution in [0.4, 0.5) is 14.5 Å². The van der Waals surface area contributed by atoms with E-state index in [1.54, 1.807) is 24.3 Å². The molecule has 0 bridgehead atoms. The quantitative estimate of drug-likeness (QED) is 0.658. The number of para-hydroxylation sites is 1. The molecule has 3 nitrogen and oxygen atoms in total. The zero-order valence-electron chi connectivity index (χ0n) is 13.0. The summed E-state index contributed by atoms with van der Waals surface area (Å²) in [5, 5.41) is 2.70. The summed E-state index contributed by atoms with van der Waals surface area (Å²) in [4.78, 5) is 14.4. The third kappa shape index (κ3) is 5.89. The predicted octanol–water partition coefficient (Wildman–Crippen LogP) is 4.83. The summed E-state index contributed by atoms with van der Waals surface area (Å²) >= 11 is 3.90. The van der Waals surface area contributed by atoms with Gasteiger partial charge in [0.1, 0.15) is 0 Å². The molecule has 2 rings (SSSR count). The van der Waals surface area contributed by atoms with Crippen molar-refractivity contribution >= 4 is 39.3 Å². The molecule has 0 aliphatic heterocycles. The van der Waals surface area contributed by atoms with E-state index in [1.807, 2.05) is 36.2 Å². The summed E-state index contributed by atoms with van der Waals surface area (Å²) in [5.74, 6) is -2.77. The van der Waals surface area contributed by atoms with Gasteiger partial charge in [-0.2, -0.15) is 8.78 Å². The molecule has 0 spiro atoms. The molecule has 7 heteroatoms. The number of amides is 1. The number of carbonyl (C=O) groups is 1. The number of thioether (sulfide) groups is 1. The lowest BCUT2D eigenvalue weighted by molar-refractivity contribution is -0.117. The molecule has 0 saturated carbocycles. The molecule has 1 amide bonds. The molecule has 1 N–H and O–H groups in total. The molecule has 0 atom stereocenters. The first-order valence-electron chi connectivity index (χ1n) is 7.21. The Morgan fingerprint density at radius 1 is 1.21 bits per heavy atom. The maximum absolute atomic E-state index is 12.6. The summed E-state index contributed by atoms with van der Waals surface area (Å²) in [6.45, 7) is 0.761. The van der Waals surface area contributed by atoms with Crippen molar-refractivity contribution in [2.45, 2.75) is 17.2 Å². The largest absolute Gasteiger partial charge is 0.324 e. The van der Waals surface area contributed by atoms with E-state index in [0.717, 1.165) is 10.0 Å². The molecule has 0 aliphatic carbocycles. The fraction of sp³-hybridized carbons (Fsp3) is 0.235. The minimum Gasteiger partial charge on any atom is -0.324 e. The number of likely N-dealkylation sites (N-methyl/N-ethyl adjacent to an activating group) is 1. The molecule has 0 unspecified atom stereocenters. The number of alkyl halides is 2. The van der Waals surface area contributed by atoms with Crippen molar-refractivity contribution in [3.05, 3.63) is 58.6 Å². The minimum absolute atomic E-state index is 0.162. The van der Waals surface area contributed by atoms with Crippen LogP contribution in [0.3, 0.4) is 0 Å². The summed E-state index contributed by atoms with van der Waals surface area (Å²) in [6.07, 6.45) is 0. The van der Waals surface area contributed by atoms with E-state index in [9.17, 15) is 13.6 Å². The lowest BCUT2D eigenvalue weighted by Crippen LogP contribution is -2.30. The van der Waals surface area contributed by atoms with Crippen LogP contribution < -0.4 is 5.32 Å². The molecule has 0 aromatic heterocycles. The number of nitrogens with zero attached hydrogens (tertiary/aromatic N) is 1. The normalized spacial score (nSPS) is 11.1. The zero-order chi connectivity index (χ0) is 17.5. The predicted molar refractivity (Wildman–Crippen MR) is 97.4 cm³/mol. The molecule has 0 heterocycles. The number of anilines is 1. The summed E-state index contributed by atoms with van der Waals surface area (Å²) in [6, 6.07) is 14.3. The fourth-order valence-electron chi connectivity index (χ4n) is 2.18. The van der Waals surface area contributed by atoms with Crippen LogP contribution in [-0.2, 0) is 11.3 Å². The number of nitrogens with one attached hydrogen (secondary N) is 1. The highest BCUT2D eigenvalue weighted by atomic mass is 79.9. The van der Waals surface area contributed by atoms with Crippen molar-refractivity contribution in [2.24, 2.45) is 0 Å². The summed E-state index contributed by atoms with van der Waals surface area (Å²) in [5.41, 5.74) is 1.48. The second-order valence-electron chi connectivity index (χ2n) is 5.19. The average molecular weight is 415 g/mol. The maximum atomic E-state index is 12.6. The molecule has 128 valence electrons. The highest BCUT2D eigenvalue weighted by Crippen LogP contribution is 2.31. The Hall–Kier alpha value is -1.44. The van der Waals surface area contributed by atoms with E-state index in [-0.39, 0.29) is 12.5 Å². The highest BCUT2D eigenvalue weighted by molar-refractivity contribution is 9.10. The van der Waals surface area contributed by atoms with Gasteiger partial charge in [0.05, 0.1) is 12.2 Å². The lowest BCUT2D eigenvalue weighted by atomic mass is 10.2. The first-order valence-corrected chi connectivity index (χ1v) is 8.88. The monoisotopic (exact) mass is 414 g/mol. The van der Waals surface area contributed by atoms with Crippen LogP contribution in [0.5, 0.6) is 0 Å². The second-order valence-corrected chi connectivity index (χ2v) is 7.07. The smallest absolute Gasteiger partial charge is 0.288 e. The van der Waals surface area contributed by atoms with Gasteiger partial charge in [0, 0.05) is 15.9 Å². The van der Waals surface area contributed by atoms with E-state index in [0.29, 0.717) is 28.9 Å². The van der Waals surface area contributed by atoms with E-state index >= 15 is 0 Å². The van der Waals surface area contributed by atoms with Crippen LogP contribution in [0, 0.1) is 0 Å². The Kier molecular flexibility index (Phi) is 7.20. The zero-order valence-corrected chi connectivity index (χ0v) is 15.4. The average Bonchev–Trinajstić information content (AvgIpc) is 2.51. The highest BCUT2D eigenvalue weighted by Gasteiger charge is 2.13. The topological polar surface area (TPSA) is 32.3 Å². The molecular weight excluding hydrogens is 398 g/mol. The van der Waals surface area contributed by atoms with Gasteiger partial charge in [0.2, 0.25) is 5.91 Å². The van der Waals surface area contributed by atoms with Crippen LogP contribution in [0.2, 0.25) is 0 Å². The Labute approximate surface area is 152 Å². The van der Waals surface area contributed by atoms with Crippen LogP contribution >= 0.6 is 27.7 Å². The van der Waals surface area contributed by atoms with E-state index in [1.165, 1.54) is 0 Å². The van der Waals surface area contributed by atoms with Gasteiger partial charge in [0.25, 0.3) is 5.76 Å².